The Bertz CT molecular complexity index is 329. The lowest BCUT2D eigenvalue weighted by Gasteiger charge is -2.24. The summed E-state index contributed by atoms with van der Waals surface area (Å²) in [4.78, 5) is 23.3. The van der Waals surface area contributed by atoms with Crippen LogP contribution in [0.1, 0.15) is 46.0 Å². The van der Waals surface area contributed by atoms with Crippen LogP contribution < -0.4 is 0 Å². The number of Topliss-reactive ketones (excluding diaryl/α,β-unsaturated/α-hetero) is 1. The smallest absolute Gasteiger partial charge is 0.330 e. The van der Waals surface area contributed by atoms with E-state index in [9.17, 15) is 14.7 Å². The molecule has 1 fully saturated rings. The molecule has 0 aromatic carbocycles. The number of ether oxygens (including phenoxy) is 1. The Balaban J connectivity index is 2.48. The maximum absolute atomic E-state index is 12.1. The topological polar surface area (TPSA) is 63.6 Å². The zero-order valence-corrected chi connectivity index (χ0v) is 11.8. The van der Waals surface area contributed by atoms with Crippen LogP contribution in [0.2, 0.25) is 0 Å². The van der Waals surface area contributed by atoms with Gasteiger partial charge in [-0.1, -0.05) is 32.3 Å². The standard InChI is InChI=1S/C15H24O4/c1-3-19-13(16)10-9-11(2)14(17)15(18)12-7-5-4-6-8-12/h9-12,14,17H,3-8H2,1-2H3/b10-9+/t11-,14-/m1/s1. The summed E-state index contributed by atoms with van der Waals surface area (Å²) in [5, 5.41) is 10.0. The van der Waals surface area contributed by atoms with Gasteiger partial charge in [-0.05, 0) is 19.8 Å². The molecule has 1 rings (SSSR count). The summed E-state index contributed by atoms with van der Waals surface area (Å²) in [6.45, 7) is 3.79. The molecular formula is C15H24O4. The summed E-state index contributed by atoms with van der Waals surface area (Å²) in [6.07, 6.45) is 6.88. The second kappa shape index (κ2) is 8.10. The Kier molecular flexibility index (Phi) is 6.78. The third kappa shape index (κ3) is 5.15. The van der Waals surface area contributed by atoms with Gasteiger partial charge in [-0.25, -0.2) is 4.79 Å². The van der Waals surface area contributed by atoms with Gasteiger partial charge in [0.05, 0.1) is 6.61 Å². The maximum atomic E-state index is 12.1. The molecule has 1 N–H and O–H groups in total. The lowest BCUT2D eigenvalue weighted by Crippen LogP contribution is -2.33. The summed E-state index contributed by atoms with van der Waals surface area (Å²) in [7, 11) is 0. The predicted molar refractivity (Wildman–Crippen MR) is 72.5 cm³/mol. The molecule has 0 bridgehead atoms. The van der Waals surface area contributed by atoms with Crippen LogP contribution in [-0.2, 0) is 14.3 Å². The van der Waals surface area contributed by atoms with Crippen molar-refractivity contribution in [2.45, 2.75) is 52.1 Å². The van der Waals surface area contributed by atoms with E-state index in [1.807, 2.05) is 0 Å². The van der Waals surface area contributed by atoms with Crippen LogP contribution in [-0.4, -0.2) is 29.6 Å². The van der Waals surface area contributed by atoms with E-state index in [1.54, 1.807) is 19.9 Å². The van der Waals surface area contributed by atoms with Crippen molar-refractivity contribution in [2.24, 2.45) is 11.8 Å². The van der Waals surface area contributed by atoms with Crippen LogP contribution in [0.5, 0.6) is 0 Å². The van der Waals surface area contributed by atoms with Gasteiger partial charge in [-0.15, -0.1) is 0 Å². The summed E-state index contributed by atoms with van der Waals surface area (Å²) in [5.74, 6) is -0.895. The average molecular weight is 268 g/mol. The minimum atomic E-state index is -1.02. The number of carbonyl (C=O) groups is 2. The Morgan fingerprint density at radius 3 is 2.53 bits per heavy atom. The van der Waals surface area contributed by atoms with E-state index < -0.39 is 12.1 Å². The first-order valence-electron chi connectivity index (χ1n) is 7.13. The van der Waals surface area contributed by atoms with Crippen LogP contribution >= 0.6 is 0 Å². The third-order valence-electron chi connectivity index (χ3n) is 3.62. The largest absolute Gasteiger partial charge is 0.463 e. The molecule has 4 nitrogen and oxygen atoms in total. The number of hydrogen-bond acceptors (Lipinski definition) is 4. The lowest BCUT2D eigenvalue weighted by atomic mass is 9.82. The zero-order valence-electron chi connectivity index (χ0n) is 11.8. The minimum absolute atomic E-state index is 0.0119. The highest BCUT2D eigenvalue weighted by Crippen LogP contribution is 2.26. The molecule has 19 heavy (non-hydrogen) atoms. The van der Waals surface area contributed by atoms with Crippen molar-refractivity contribution in [3.63, 3.8) is 0 Å². The molecule has 0 amide bonds. The highest BCUT2D eigenvalue weighted by Gasteiger charge is 2.29. The fourth-order valence-electron chi connectivity index (χ4n) is 2.41. The van der Waals surface area contributed by atoms with Gasteiger partial charge in [0.25, 0.3) is 0 Å². The quantitative estimate of drug-likeness (QED) is 0.593. The van der Waals surface area contributed by atoms with Crippen LogP contribution in [0, 0.1) is 11.8 Å². The maximum Gasteiger partial charge on any atom is 0.330 e. The minimum Gasteiger partial charge on any atom is -0.463 e. The van der Waals surface area contributed by atoms with E-state index in [2.05, 4.69) is 0 Å². The molecule has 0 aromatic heterocycles. The van der Waals surface area contributed by atoms with Crippen molar-refractivity contribution < 1.29 is 19.4 Å². The fourth-order valence-corrected chi connectivity index (χ4v) is 2.41. The first-order chi connectivity index (χ1) is 9.06. The Labute approximate surface area is 114 Å². The fraction of sp³-hybridized carbons (Fsp3) is 0.733. The monoisotopic (exact) mass is 268 g/mol. The number of aliphatic hydroxyl groups excluding tert-OH is 1. The molecule has 0 saturated heterocycles. The molecule has 0 heterocycles. The summed E-state index contributed by atoms with van der Waals surface area (Å²) in [5.41, 5.74) is 0. The molecule has 0 aliphatic heterocycles. The van der Waals surface area contributed by atoms with Crippen LogP contribution in [0.25, 0.3) is 0 Å². The first kappa shape index (κ1) is 15.9. The molecular weight excluding hydrogens is 244 g/mol. The molecule has 108 valence electrons. The van der Waals surface area contributed by atoms with Gasteiger partial charge >= 0.3 is 5.97 Å². The molecule has 0 spiro atoms. The number of esters is 1. The van der Waals surface area contributed by atoms with E-state index in [4.69, 9.17) is 4.74 Å². The number of aliphatic hydroxyl groups is 1. The van der Waals surface area contributed by atoms with E-state index in [0.717, 1.165) is 25.7 Å². The number of carbonyl (C=O) groups excluding carboxylic acids is 2. The van der Waals surface area contributed by atoms with Gasteiger partial charge in [-0.3, -0.25) is 4.79 Å². The van der Waals surface area contributed by atoms with Crippen molar-refractivity contribution in [3.05, 3.63) is 12.2 Å². The lowest BCUT2D eigenvalue weighted by molar-refractivity contribution is -0.137. The van der Waals surface area contributed by atoms with E-state index >= 15 is 0 Å². The summed E-state index contributed by atoms with van der Waals surface area (Å²) in [6, 6.07) is 0. The first-order valence-corrected chi connectivity index (χ1v) is 7.13. The SMILES string of the molecule is CCOC(=O)/C=C/[C@@H](C)[C@@H](O)C(=O)C1CCCCC1. The third-order valence-corrected chi connectivity index (χ3v) is 3.62. The number of rotatable bonds is 6. The molecule has 4 heteroatoms. The average Bonchev–Trinajstić information content (AvgIpc) is 2.44. The van der Waals surface area contributed by atoms with Gasteiger partial charge in [0.15, 0.2) is 5.78 Å². The zero-order chi connectivity index (χ0) is 14.3. The van der Waals surface area contributed by atoms with Crippen molar-refractivity contribution >= 4 is 11.8 Å². The van der Waals surface area contributed by atoms with Gasteiger partial charge in [0.2, 0.25) is 0 Å². The Morgan fingerprint density at radius 1 is 1.32 bits per heavy atom. The van der Waals surface area contributed by atoms with Crippen molar-refractivity contribution in [2.75, 3.05) is 6.61 Å². The van der Waals surface area contributed by atoms with Gasteiger partial charge in [-0.2, -0.15) is 0 Å². The van der Waals surface area contributed by atoms with Gasteiger partial charge in [0.1, 0.15) is 6.10 Å². The normalized spacial score (nSPS) is 20.2. The number of ketones is 1. The highest BCUT2D eigenvalue weighted by molar-refractivity contribution is 5.86. The second-order valence-electron chi connectivity index (χ2n) is 5.15. The Hall–Kier alpha value is -1.16. The van der Waals surface area contributed by atoms with Crippen molar-refractivity contribution in [1.82, 2.24) is 0 Å². The van der Waals surface area contributed by atoms with Crippen LogP contribution in [0.4, 0.5) is 0 Å². The van der Waals surface area contributed by atoms with Gasteiger partial charge < -0.3 is 9.84 Å². The molecule has 1 saturated carbocycles. The summed E-state index contributed by atoms with van der Waals surface area (Å²) >= 11 is 0. The van der Waals surface area contributed by atoms with Gasteiger partial charge in [0, 0.05) is 17.9 Å². The van der Waals surface area contributed by atoms with E-state index in [-0.39, 0.29) is 17.6 Å². The molecule has 0 aromatic rings. The second-order valence-corrected chi connectivity index (χ2v) is 5.15. The predicted octanol–water partition coefficient (Wildman–Crippen LogP) is 2.25. The molecule has 1 aliphatic carbocycles. The molecule has 0 radical (unpaired) electrons. The molecule has 1 aliphatic rings. The summed E-state index contributed by atoms with van der Waals surface area (Å²) < 4.78 is 4.76. The number of hydrogen-bond donors (Lipinski definition) is 1. The van der Waals surface area contributed by atoms with E-state index in [0.29, 0.717) is 6.61 Å². The van der Waals surface area contributed by atoms with Crippen molar-refractivity contribution in [1.29, 1.82) is 0 Å². The Morgan fingerprint density at radius 2 is 1.95 bits per heavy atom. The van der Waals surface area contributed by atoms with E-state index in [1.165, 1.54) is 12.5 Å². The highest BCUT2D eigenvalue weighted by atomic mass is 16.5. The van der Waals surface area contributed by atoms with Crippen LogP contribution in [0.3, 0.4) is 0 Å². The molecule has 2 atom stereocenters. The van der Waals surface area contributed by atoms with Crippen molar-refractivity contribution in [3.8, 4) is 0 Å². The molecule has 0 unspecified atom stereocenters. The van der Waals surface area contributed by atoms with Crippen LogP contribution in [0.15, 0.2) is 12.2 Å².